The maximum Gasteiger partial charge on any atom is 0.411 e. The number of benzene rings is 1. The first kappa shape index (κ1) is 14.3. The lowest BCUT2D eigenvalue weighted by atomic mass is 10.2. The Kier molecular flexibility index (Phi) is 4.15. The number of halogens is 4. The van der Waals surface area contributed by atoms with E-state index >= 15 is 0 Å². The molecule has 1 N–H and O–H groups in total. The van der Waals surface area contributed by atoms with Crippen molar-refractivity contribution in [2.45, 2.75) is 19.5 Å². The second-order valence-corrected chi connectivity index (χ2v) is 5.14. The standard InChI is InChI=1S/C12H12BrF3N2O/c1-7-4-8(13)5-9-11(7)18-10(17-9)2-3-19-6-12(14,15)16/h4-5H,2-3,6H2,1H3,(H,17,18). The highest BCUT2D eigenvalue weighted by molar-refractivity contribution is 9.10. The summed E-state index contributed by atoms with van der Waals surface area (Å²) in [5, 5.41) is 0. The van der Waals surface area contributed by atoms with E-state index < -0.39 is 12.8 Å². The van der Waals surface area contributed by atoms with Crippen LogP contribution in [0.5, 0.6) is 0 Å². The Morgan fingerprint density at radius 3 is 2.79 bits per heavy atom. The SMILES string of the molecule is Cc1cc(Br)cc2[nH]c(CCOCC(F)(F)F)nc12. The lowest BCUT2D eigenvalue weighted by Crippen LogP contribution is -2.18. The van der Waals surface area contributed by atoms with Gasteiger partial charge in [0.25, 0.3) is 0 Å². The summed E-state index contributed by atoms with van der Waals surface area (Å²) in [6.45, 7) is 0.690. The van der Waals surface area contributed by atoms with E-state index in [1.54, 1.807) is 0 Å². The molecular weight excluding hydrogens is 325 g/mol. The zero-order valence-electron chi connectivity index (χ0n) is 10.1. The van der Waals surface area contributed by atoms with Gasteiger partial charge in [0.05, 0.1) is 17.6 Å². The van der Waals surface area contributed by atoms with Crippen LogP contribution in [0.3, 0.4) is 0 Å². The first-order valence-electron chi connectivity index (χ1n) is 5.64. The number of aryl methyl sites for hydroxylation is 1. The quantitative estimate of drug-likeness (QED) is 0.863. The van der Waals surface area contributed by atoms with Crippen LogP contribution in [0.2, 0.25) is 0 Å². The van der Waals surface area contributed by atoms with Gasteiger partial charge in [-0.1, -0.05) is 15.9 Å². The van der Waals surface area contributed by atoms with E-state index in [-0.39, 0.29) is 6.61 Å². The van der Waals surface area contributed by atoms with Crippen molar-refractivity contribution >= 4 is 27.0 Å². The van der Waals surface area contributed by atoms with Gasteiger partial charge in [0, 0.05) is 10.9 Å². The van der Waals surface area contributed by atoms with Crippen LogP contribution in [0, 0.1) is 6.92 Å². The lowest BCUT2D eigenvalue weighted by molar-refractivity contribution is -0.173. The molecule has 0 saturated carbocycles. The Morgan fingerprint density at radius 2 is 2.11 bits per heavy atom. The van der Waals surface area contributed by atoms with E-state index in [0.717, 1.165) is 21.1 Å². The molecular formula is C12H12BrF3N2O. The van der Waals surface area contributed by atoms with E-state index in [1.165, 1.54) is 0 Å². The molecule has 0 radical (unpaired) electrons. The molecule has 104 valence electrons. The molecule has 3 nitrogen and oxygen atoms in total. The summed E-state index contributed by atoms with van der Waals surface area (Å²) in [5.74, 6) is 0.623. The zero-order chi connectivity index (χ0) is 14.0. The first-order valence-corrected chi connectivity index (χ1v) is 6.44. The van der Waals surface area contributed by atoms with Gasteiger partial charge >= 0.3 is 6.18 Å². The van der Waals surface area contributed by atoms with E-state index in [4.69, 9.17) is 0 Å². The van der Waals surface area contributed by atoms with E-state index in [2.05, 4.69) is 30.6 Å². The van der Waals surface area contributed by atoms with Gasteiger partial charge in [-0.25, -0.2) is 4.98 Å². The number of hydrogen-bond acceptors (Lipinski definition) is 2. The number of hydrogen-bond donors (Lipinski definition) is 1. The summed E-state index contributed by atoms with van der Waals surface area (Å²) in [6.07, 6.45) is -3.96. The van der Waals surface area contributed by atoms with Crippen molar-refractivity contribution in [1.29, 1.82) is 0 Å². The second-order valence-electron chi connectivity index (χ2n) is 4.22. The minimum atomic E-state index is -4.28. The van der Waals surface area contributed by atoms with Crippen LogP contribution in [0.1, 0.15) is 11.4 Å². The summed E-state index contributed by atoms with van der Waals surface area (Å²) < 4.78 is 41.2. The number of nitrogens with one attached hydrogen (secondary N) is 1. The van der Waals surface area contributed by atoms with Gasteiger partial charge < -0.3 is 9.72 Å². The molecule has 7 heteroatoms. The fourth-order valence-corrected chi connectivity index (χ4v) is 2.35. The number of ether oxygens (including phenoxy) is 1. The minimum absolute atomic E-state index is 0.0143. The first-order chi connectivity index (χ1) is 8.85. The van der Waals surface area contributed by atoms with E-state index in [1.807, 2.05) is 19.1 Å². The molecule has 0 fully saturated rings. The highest BCUT2D eigenvalue weighted by Crippen LogP contribution is 2.22. The van der Waals surface area contributed by atoms with Crippen LogP contribution in [-0.4, -0.2) is 29.4 Å². The van der Waals surface area contributed by atoms with Gasteiger partial charge in [0.2, 0.25) is 0 Å². The van der Waals surface area contributed by atoms with Gasteiger partial charge in [-0.15, -0.1) is 0 Å². The van der Waals surface area contributed by atoms with Gasteiger partial charge in [-0.2, -0.15) is 13.2 Å². The second kappa shape index (κ2) is 5.50. The molecule has 0 amide bonds. The molecule has 2 rings (SSSR count). The molecule has 0 atom stereocenters. The number of fused-ring (bicyclic) bond motifs is 1. The number of alkyl halides is 3. The van der Waals surface area contributed by atoms with Gasteiger partial charge in [0.1, 0.15) is 12.4 Å². The maximum absolute atomic E-state index is 11.9. The van der Waals surface area contributed by atoms with Crippen LogP contribution in [0.25, 0.3) is 11.0 Å². The normalized spacial score (nSPS) is 12.3. The number of nitrogens with zero attached hydrogens (tertiary/aromatic N) is 1. The Labute approximate surface area is 116 Å². The third kappa shape index (κ3) is 3.94. The smallest absolute Gasteiger partial charge is 0.372 e. The van der Waals surface area contributed by atoms with Gasteiger partial charge in [-0.05, 0) is 24.6 Å². The van der Waals surface area contributed by atoms with Crippen molar-refractivity contribution in [3.63, 3.8) is 0 Å². The van der Waals surface area contributed by atoms with E-state index in [9.17, 15) is 13.2 Å². The van der Waals surface area contributed by atoms with Crippen molar-refractivity contribution < 1.29 is 17.9 Å². The van der Waals surface area contributed by atoms with Crippen LogP contribution in [0.15, 0.2) is 16.6 Å². The third-order valence-corrected chi connectivity index (χ3v) is 3.00. The predicted octanol–water partition coefficient (Wildman–Crippen LogP) is 3.76. The summed E-state index contributed by atoms with van der Waals surface area (Å²) in [4.78, 5) is 7.42. The average molecular weight is 337 g/mol. The number of rotatable bonds is 4. The highest BCUT2D eigenvalue weighted by Gasteiger charge is 2.27. The van der Waals surface area contributed by atoms with Crippen molar-refractivity contribution in [2.24, 2.45) is 0 Å². The minimum Gasteiger partial charge on any atom is -0.372 e. The van der Waals surface area contributed by atoms with Crippen LogP contribution >= 0.6 is 15.9 Å². The number of imidazole rings is 1. The molecule has 0 aliphatic rings. The Morgan fingerprint density at radius 1 is 1.37 bits per heavy atom. The Hall–Kier alpha value is -1.08. The van der Waals surface area contributed by atoms with Crippen LogP contribution in [0.4, 0.5) is 13.2 Å². The average Bonchev–Trinajstić information content (AvgIpc) is 2.66. The lowest BCUT2D eigenvalue weighted by Gasteiger charge is -2.06. The Balaban J connectivity index is 2.00. The third-order valence-electron chi connectivity index (χ3n) is 2.54. The molecule has 0 bridgehead atoms. The van der Waals surface area contributed by atoms with Gasteiger partial charge in [-0.3, -0.25) is 0 Å². The van der Waals surface area contributed by atoms with Crippen LogP contribution in [-0.2, 0) is 11.2 Å². The molecule has 0 saturated heterocycles. The maximum atomic E-state index is 11.9. The summed E-state index contributed by atoms with van der Waals surface area (Å²) >= 11 is 3.38. The molecule has 1 aromatic carbocycles. The molecule has 0 aliphatic carbocycles. The van der Waals surface area contributed by atoms with Crippen molar-refractivity contribution in [3.05, 3.63) is 28.0 Å². The Bertz CT molecular complexity index is 580. The summed E-state index contributed by atoms with van der Waals surface area (Å²) in [6, 6.07) is 3.82. The topological polar surface area (TPSA) is 37.9 Å². The number of aromatic amines is 1. The molecule has 2 aromatic rings. The summed E-state index contributed by atoms with van der Waals surface area (Å²) in [5.41, 5.74) is 2.69. The van der Waals surface area contributed by atoms with Crippen molar-refractivity contribution in [3.8, 4) is 0 Å². The molecule has 0 unspecified atom stereocenters. The number of aromatic nitrogens is 2. The molecule has 1 aromatic heterocycles. The fraction of sp³-hybridized carbons (Fsp3) is 0.417. The zero-order valence-corrected chi connectivity index (χ0v) is 11.7. The molecule has 0 aliphatic heterocycles. The van der Waals surface area contributed by atoms with E-state index in [0.29, 0.717) is 12.2 Å². The molecule has 1 heterocycles. The van der Waals surface area contributed by atoms with Crippen molar-refractivity contribution in [2.75, 3.05) is 13.2 Å². The molecule has 0 spiro atoms. The van der Waals surface area contributed by atoms with Gasteiger partial charge in [0.15, 0.2) is 0 Å². The summed E-state index contributed by atoms with van der Waals surface area (Å²) in [7, 11) is 0. The predicted molar refractivity (Wildman–Crippen MR) is 69.1 cm³/mol. The van der Waals surface area contributed by atoms with Crippen molar-refractivity contribution in [1.82, 2.24) is 9.97 Å². The van der Waals surface area contributed by atoms with Crippen LogP contribution < -0.4 is 0 Å². The number of H-pyrrole nitrogens is 1. The highest BCUT2D eigenvalue weighted by atomic mass is 79.9. The largest absolute Gasteiger partial charge is 0.411 e. The molecule has 19 heavy (non-hydrogen) atoms. The fourth-order valence-electron chi connectivity index (χ4n) is 1.77. The monoisotopic (exact) mass is 336 g/mol.